The molecular weight excluding hydrogens is 913 g/mol. The van der Waals surface area contributed by atoms with Crippen LogP contribution in [-0.4, -0.2) is 57.4 Å². The molecule has 14 heteroatoms. The molecule has 0 amide bonds. The van der Waals surface area contributed by atoms with Crippen LogP contribution < -0.4 is 0 Å². The van der Waals surface area contributed by atoms with Gasteiger partial charge in [-0.25, -0.2) is 25.3 Å². The SMILES string of the molecule is CCCCCCCCP(CCCCCCCC)CCCCCCCC.Cc1ccc(S(=O)(=O)[O-])cc1.Cc1ccc(S(=O)(=O)[O-])cc1.Cc1ccc(S(=O)(=O)[O-])cc1.[Ru+3]. The predicted molar refractivity (Wildman–Crippen MR) is 239 cm³/mol. The van der Waals surface area contributed by atoms with Gasteiger partial charge in [-0.05, 0) is 94.9 Å². The molecule has 3 aromatic carbocycles. The fourth-order valence-electron chi connectivity index (χ4n) is 5.80. The molecule has 59 heavy (non-hydrogen) atoms. The zero-order valence-electron chi connectivity index (χ0n) is 36.5. The second-order valence-corrected chi connectivity index (χ2v) is 21.8. The second kappa shape index (κ2) is 35.0. The first kappa shape index (κ1) is 59.5. The van der Waals surface area contributed by atoms with Crippen molar-refractivity contribution >= 4 is 38.3 Å². The largest absolute Gasteiger partial charge is 3.00 e. The van der Waals surface area contributed by atoms with Crippen molar-refractivity contribution in [3.63, 3.8) is 0 Å². The minimum absolute atomic E-state index is 0. The Morgan fingerprint density at radius 3 is 0.729 bits per heavy atom. The van der Waals surface area contributed by atoms with Crippen LogP contribution in [0.15, 0.2) is 87.5 Å². The summed E-state index contributed by atoms with van der Waals surface area (Å²) in [6, 6.07) is 17.3. The molecule has 0 aromatic heterocycles. The van der Waals surface area contributed by atoms with E-state index in [2.05, 4.69) is 20.8 Å². The Hall–Kier alpha value is -1.56. The van der Waals surface area contributed by atoms with Gasteiger partial charge in [0, 0.05) is 0 Å². The van der Waals surface area contributed by atoms with Crippen LogP contribution in [-0.2, 0) is 49.8 Å². The van der Waals surface area contributed by atoms with Crippen LogP contribution in [0.25, 0.3) is 0 Å². The first-order valence-electron chi connectivity index (χ1n) is 21.1. The minimum atomic E-state index is -4.27. The topological polar surface area (TPSA) is 172 Å². The van der Waals surface area contributed by atoms with Crippen molar-refractivity contribution in [3.8, 4) is 0 Å². The normalized spacial score (nSPS) is 11.3. The third-order valence-corrected chi connectivity index (χ3v) is 14.8. The maximum absolute atomic E-state index is 10.4. The summed E-state index contributed by atoms with van der Waals surface area (Å²) in [6.07, 6.45) is 31.2. The minimum Gasteiger partial charge on any atom is -0.744 e. The van der Waals surface area contributed by atoms with Crippen molar-refractivity contribution in [1.29, 1.82) is 0 Å². The van der Waals surface area contributed by atoms with Gasteiger partial charge in [0.1, 0.15) is 30.4 Å². The zero-order chi connectivity index (χ0) is 43.9. The maximum atomic E-state index is 10.4. The van der Waals surface area contributed by atoms with E-state index in [0.29, 0.717) is 7.92 Å². The van der Waals surface area contributed by atoms with Gasteiger partial charge in [-0.3, -0.25) is 0 Å². The first-order chi connectivity index (χ1) is 27.3. The molecule has 0 spiro atoms. The van der Waals surface area contributed by atoms with Crippen LogP contribution in [0.3, 0.4) is 0 Å². The second-order valence-electron chi connectivity index (χ2n) is 14.9. The predicted octanol–water partition coefficient (Wildman–Crippen LogP) is 12.2. The molecule has 0 saturated heterocycles. The molecule has 0 aliphatic heterocycles. The number of aryl methyl sites for hydroxylation is 3. The number of benzene rings is 3. The first-order valence-corrected chi connectivity index (χ1v) is 27.3. The van der Waals surface area contributed by atoms with Crippen molar-refractivity contribution in [2.24, 2.45) is 0 Å². The molecule has 3 aromatic rings. The van der Waals surface area contributed by atoms with Gasteiger partial charge >= 0.3 is 19.5 Å². The summed E-state index contributed by atoms with van der Waals surface area (Å²) in [5, 5.41) is 0. The summed E-state index contributed by atoms with van der Waals surface area (Å²) in [6.45, 7) is 12.4. The third-order valence-electron chi connectivity index (χ3n) is 9.41. The Bertz CT molecular complexity index is 1570. The van der Waals surface area contributed by atoms with Crippen LogP contribution in [0.4, 0.5) is 0 Å². The van der Waals surface area contributed by atoms with Crippen molar-refractivity contribution in [1.82, 2.24) is 0 Å². The monoisotopic (exact) mass is 985 g/mol. The van der Waals surface area contributed by atoms with E-state index in [-0.39, 0.29) is 34.2 Å². The molecule has 0 N–H and O–H groups in total. The van der Waals surface area contributed by atoms with Crippen LogP contribution >= 0.6 is 7.92 Å². The summed E-state index contributed by atoms with van der Waals surface area (Å²) in [4.78, 5) is -0.533. The van der Waals surface area contributed by atoms with Crippen molar-refractivity contribution in [2.75, 3.05) is 18.5 Å². The molecule has 1 radical (unpaired) electrons. The van der Waals surface area contributed by atoms with Gasteiger partial charge in [-0.1, -0.05) is 170 Å². The molecule has 0 heterocycles. The Labute approximate surface area is 374 Å². The molecule has 0 aliphatic carbocycles. The molecule has 0 saturated carbocycles. The molecule has 0 fully saturated rings. The molecule has 337 valence electrons. The maximum Gasteiger partial charge on any atom is 3.00 e. The molecule has 9 nitrogen and oxygen atoms in total. The third kappa shape index (κ3) is 33.7. The smallest absolute Gasteiger partial charge is 0.744 e. The van der Waals surface area contributed by atoms with Crippen molar-refractivity contribution in [3.05, 3.63) is 89.5 Å². The van der Waals surface area contributed by atoms with E-state index >= 15 is 0 Å². The van der Waals surface area contributed by atoms with E-state index in [0.717, 1.165) is 16.7 Å². The van der Waals surface area contributed by atoms with E-state index in [1.165, 1.54) is 152 Å². The number of hydrogen-bond donors (Lipinski definition) is 0. The fourth-order valence-corrected chi connectivity index (χ4v) is 9.89. The zero-order valence-corrected chi connectivity index (χ0v) is 41.6. The average Bonchev–Trinajstić information content (AvgIpc) is 3.15. The van der Waals surface area contributed by atoms with E-state index in [9.17, 15) is 38.9 Å². The van der Waals surface area contributed by atoms with Gasteiger partial charge in [-0.2, -0.15) is 0 Å². The van der Waals surface area contributed by atoms with Crippen molar-refractivity contribution in [2.45, 2.75) is 172 Å². The summed E-state index contributed by atoms with van der Waals surface area (Å²) in [5.74, 6) is 0. The Kier molecular flexibility index (Phi) is 35.3. The van der Waals surface area contributed by atoms with Gasteiger partial charge in [0.05, 0.1) is 14.7 Å². The molecular formula is C45H72O9PRuS3. The van der Waals surface area contributed by atoms with Crippen LogP contribution in [0, 0.1) is 20.8 Å². The van der Waals surface area contributed by atoms with Crippen LogP contribution in [0.2, 0.25) is 0 Å². The fraction of sp³-hybridized carbons (Fsp3) is 0.600. The standard InChI is InChI=1S/C24H51P.3C7H8O3S.Ru/c1-4-7-10-13-16-19-22-25(23-20-17-14-11-8-5-2)24-21-18-15-12-9-6-3;3*1-6-2-4-7(5-3-6)11(8,9)10;/h4-24H2,1-3H3;3*2-5H,1H3,(H,8,9,10);/q;;;;+3/p-3. The number of hydrogen-bond acceptors (Lipinski definition) is 9. The summed E-state index contributed by atoms with van der Waals surface area (Å²) < 4.78 is 93.5. The van der Waals surface area contributed by atoms with E-state index < -0.39 is 30.4 Å². The average molecular weight is 985 g/mol. The Morgan fingerprint density at radius 2 is 0.542 bits per heavy atom. The van der Waals surface area contributed by atoms with Crippen LogP contribution in [0.5, 0.6) is 0 Å². The van der Waals surface area contributed by atoms with Gasteiger partial charge in [0.25, 0.3) is 0 Å². The molecule has 0 unspecified atom stereocenters. The van der Waals surface area contributed by atoms with Crippen molar-refractivity contribution < 1.29 is 58.4 Å². The van der Waals surface area contributed by atoms with E-state index in [1.807, 2.05) is 20.8 Å². The summed E-state index contributed by atoms with van der Waals surface area (Å²) in [5.41, 5.74) is 2.78. The Morgan fingerprint density at radius 1 is 0.356 bits per heavy atom. The number of rotatable bonds is 24. The van der Waals surface area contributed by atoms with Gasteiger partial charge in [0.2, 0.25) is 0 Å². The van der Waals surface area contributed by atoms with Gasteiger partial charge < -0.3 is 13.7 Å². The summed E-state index contributed by atoms with van der Waals surface area (Å²) in [7, 11) is -12.4. The van der Waals surface area contributed by atoms with Gasteiger partial charge in [-0.15, -0.1) is 7.92 Å². The molecule has 3 rings (SSSR count). The van der Waals surface area contributed by atoms with E-state index in [1.54, 1.807) is 54.9 Å². The van der Waals surface area contributed by atoms with Gasteiger partial charge in [0.15, 0.2) is 0 Å². The molecule has 0 atom stereocenters. The number of unbranched alkanes of at least 4 members (excludes halogenated alkanes) is 15. The summed E-state index contributed by atoms with van der Waals surface area (Å²) >= 11 is 0. The van der Waals surface area contributed by atoms with E-state index in [4.69, 9.17) is 0 Å². The molecule has 0 bridgehead atoms. The molecule has 0 aliphatic rings. The van der Waals surface area contributed by atoms with Crippen LogP contribution in [0.1, 0.15) is 153 Å². The Balaban J connectivity index is 0. The quantitative estimate of drug-likeness (QED) is 0.0366.